The maximum atomic E-state index is 11.9. The Hall–Kier alpha value is -2.19. The van der Waals surface area contributed by atoms with Crippen LogP contribution in [0.3, 0.4) is 0 Å². The fraction of sp³-hybridized carbons (Fsp3) is 0.583. The van der Waals surface area contributed by atoms with Gasteiger partial charge in [-0.2, -0.15) is 5.26 Å². The molecule has 0 aliphatic carbocycles. The van der Waals surface area contributed by atoms with E-state index in [4.69, 9.17) is 14.2 Å². The van der Waals surface area contributed by atoms with Crippen molar-refractivity contribution in [1.82, 2.24) is 9.55 Å². The molecule has 1 aromatic heterocycles. The highest BCUT2D eigenvalue weighted by Gasteiger charge is 2.56. The number of hydrogen-bond donors (Lipinski definition) is 3. The number of methoxy groups -OCH3 is 2. The molecule has 10 nitrogen and oxygen atoms in total. The van der Waals surface area contributed by atoms with Crippen LogP contribution in [0.15, 0.2) is 15.8 Å². The largest absolute Gasteiger partial charge is 0.490 e. The quantitative estimate of drug-likeness (QED) is 0.562. The van der Waals surface area contributed by atoms with E-state index in [1.807, 2.05) is 4.98 Å². The number of nitrogens with one attached hydrogen (secondary N) is 1. The first-order chi connectivity index (χ1) is 10.4. The van der Waals surface area contributed by atoms with E-state index in [1.54, 1.807) is 6.07 Å². The normalized spacial score (nSPS) is 31.0. The monoisotopic (exact) mass is 313 g/mol. The Bertz CT molecular complexity index is 706. The third-order valence-corrected chi connectivity index (χ3v) is 3.50. The molecule has 0 bridgehead atoms. The summed E-state index contributed by atoms with van der Waals surface area (Å²) >= 11 is 0. The van der Waals surface area contributed by atoms with Crippen molar-refractivity contribution in [2.24, 2.45) is 0 Å². The highest BCUT2D eigenvalue weighted by Crippen LogP contribution is 2.37. The summed E-state index contributed by atoms with van der Waals surface area (Å²) in [5, 5.41) is 28.9. The topological polar surface area (TPSA) is 147 Å². The molecule has 0 saturated carbocycles. The summed E-state index contributed by atoms with van der Waals surface area (Å²) in [6.07, 6.45) is -2.90. The van der Waals surface area contributed by atoms with Gasteiger partial charge in [0.15, 0.2) is 6.23 Å². The average molecular weight is 313 g/mol. The van der Waals surface area contributed by atoms with Gasteiger partial charge in [0.25, 0.3) is 5.56 Å². The maximum Gasteiger partial charge on any atom is 0.330 e. The van der Waals surface area contributed by atoms with Gasteiger partial charge in [0.05, 0.1) is 19.9 Å². The van der Waals surface area contributed by atoms with Crippen molar-refractivity contribution in [3.05, 3.63) is 27.0 Å². The smallest absolute Gasteiger partial charge is 0.330 e. The number of nitrogens with zero attached hydrogens (tertiary/aromatic N) is 2. The molecule has 1 fully saturated rings. The van der Waals surface area contributed by atoms with Gasteiger partial charge < -0.3 is 24.4 Å². The van der Waals surface area contributed by atoms with Crippen LogP contribution in [0.1, 0.15) is 6.23 Å². The minimum Gasteiger partial charge on any atom is -0.490 e. The van der Waals surface area contributed by atoms with Gasteiger partial charge in [0.2, 0.25) is 11.4 Å². The van der Waals surface area contributed by atoms with E-state index < -0.39 is 41.9 Å². The molecule has 1 aliphatic rings. The Labute approximate surface area is 124 Å². The first-order valence-corrected chi connectivity index (χ1v) is 6.24. The van der Waals surface area contributed by atoms with Crippen LogP contribution < -0.4 is 16.0 Å². The molecule has 4 atom stereocenters. The lowest BCUT2D eigenvalue weighted by Crippen LogP contribution is -2.46. The molecule has 3 N–H and O–H groups in total. The number of aliphatic hydroxyl groups is 2. The van der Waals surface area contributed by atoms with E-state index in [0.717, 1.165) is 10.8 Å². The van der Waals surface area contributed by atoms with Gasteiger partial charge in [-0.15, -0.1) is 0 Å². The zero-order chi connectivity index (χ0) is 16.5. The molecule has 1 saturated heterocycles. The fourth-order valence-corrected chi connectivity index (χ4v) is 2.38. The zero-order valence-corrected chi connectivity index (χ0v) is 11.8. The van der Waals surface area contributed by atoms with Crippen molar-refractivity contribution in [2.45, 2.75) is 24.0 Å². The van der Waals surface area contributed by atoms with Crippen molar-refractivity contribution in [1.29, 1.82) is 5.26 Å². The second-order valence-electron chi connectivity index (χ2n) is 4.68. The third kappa shape index (κ3) is 2.30. The Balaban J connectivity index is 2.53. The van der Waals surface area contributed by atoms with Gasteiger partial charge in [-0.05, 0) is 0 Å². The van der Waals surface area contributed by atoms with E-state index in [-0.39, 0.29) is 5.75 Å². The van der Waals surface area contributed by atoms with Crippen LogP contribution >= 0.6 is 0 Å². The van der Waals surface area contributed by atoms with E-state index >= 15 is 0 Å². The lowest BCUT2D eigenvalue weighted by atomic mass is 9.97. The van der Waals surface area contributed by atoms with Crippen LogP contribution in [0, 0.1) is 11.3 Å². The summed E-state index contributed by atoms with van der Waals surface area (Å²) < 4.78 is 16.1. The number of H-pyrrole nitrogens is 1. The molecule has 0 spiro atoms. The Kier molecular flexibility index (Phi) is 4.34. The standard InChI is InChI=1S/C12H15N3O7/c1-20-6-3-15(11(19)14-9(6)18)10-7(17)8(21-2)12(4-13,5-16)22-10/h3,7-8,10,16-17H,5H2,1-2H3,(H,14,18,19)/t7-,8?,10+,12+/m0/s1. The van der Waals surface area contributed by atoms with E-state index in [1.165, 1.54) is 14.2 Å². The van der Waals surface area contributed by atoms with Crippen LogP contribution in [-0.4, -0.2) is 58.4 Å². The highest BCUT2D eigenvalue weighted by molar-refractivity contribution is 5.17. The summed E-state index contributed by atoms with van der Waals surface area (Å²) in [5.41, 5.74) is -3.44. The number of aromatic amines is 1. The van der Waals surface area contributed by atoms with Crippen LogP contribution in [0.25, 0.3) is 0 Å². The molecular weight excluding hydrogens is 298 g/mol. The molecule has 120 valence electrons. The highest BCUT2D eigenvalue weighted by atomic mass is 16.6. The molecule has 0 amide bonds. The molecule has 1 aromatic rings. The Morgan fingerprint density at radius 3 is 2.68 bits per heavy atom. The minimum absolute atomic E-state index is 0.178. The van der Waals surface area contributed by atoms with Gasteiger partial charge in [-0.1, -0.05) is 0 Å². The van der Waals surface area contributed by atoms with Gasteiger partial charge in [0.1, 0.15) is 18.3 Å². The second kappa shape index (κ2) is 5.90. The molecular formula is C12H15N3O7. The molecule has 22 heavy (non-hydrogen) atoms. The van der Waals surface area contributed by atoms with Crippen molar-refractivity contribution >= 4 is 0 Å². The van der Waals surface area contributed by atoms with Crippen molar-refractivity contribution < 1.29 is 24.4 Å². The van der Waals surface area contributed by atoms with Gasteiger partial charge >= 0.3 is 5.69 Å². The molecule has 0 radical (unpaired) electrons. The number of aliphatic hydroxyl groups excluding tert-OH is 2. The van der Waals surface area contributed by atoms with Gasteiger partial charge in [-0.3, -0.25) is 14.3 Å². The van der Waals surface area contributed by atoms with Crippen molar-refractivity contribution in [3.63, 3.8) is 0 Å². The SMILES string of the molecule is COc1cn([C@@H]2O[C@](C#N)(CO)C(OC)[C@@H]2O)c(=O)[nH]c1=O. The first-order valence-electron chi connectivity index (χ1n) is 6.24. The van der Waals surface area contributed by atoms with E-state index in [2.05, 4.69) is 0 Å². The average Bonchev–Trinajstić information content (AvgIpc) is 2.80. The van der Waals surface area contributed by atoms with Crippen molar-refractivity contribution in [3.8, 4) is 11.8 Å². The van der Waals surface area contributed by atoms with Crippen LogP contribution in [0.4, 0.5) is 0 Å². The lowest BCUT2D eigenvalue weighted by Gasteiger charge is -2.24. The van der Waals surface area contributed by atoms with Gasteiger partial charge in [-0.25, -0.2) is 4.79 Å². The van der Waals surface area contributed by atoms with Crippen molar-refractivity contribution in [2.75, 3.05) is 20.8 Å². The number of aromatic nitrogens is 2. The van der Waals surface area contributed by atoms with Crippen LogP contribution in [0.5, 0.6) is 5.75 Å². The van der Waals surface area contributed by atoms with Crippen LogP contribution in [-0.2, 0) is 9.47 Å². The molecule has 0 aromatic carbocycles. The lowest BCUT2D eigenvalue weighted by molar-refractivity contribution is -0.100. The first kappa shape index (κ1) is 16.2. The summed E-state index contributed by atoms with van der Waals surface area (Å²) in [6, 6.07) is 1.74. The van der Waals surface area contributed by atoms with E-state index in [9.17, 15) is 25.1 Å². The number of ether oxygens (including phenoxy) is 3. The second-order valence-corrected chi connectivity index (χ2v) is 4.68. The molecule has 1 unspecified atom stereocenters. The minimum atomic E-state index is -1.83. The number of rotatable bonds is 4. The number of nitriles is 1. The maximum absolute atomic E-state index is 11.9. The summed E-state index contributed by atoms with van der Waals surface area (Å²) in [7, 11) is 2.47. The zero-order valence-electron chi connectivity index (χ0n) is 11.8. The summed E-state index contributed by atoms with van der Waals surface area (Å²) in [5.74, 6) is -0.178. The third-order valence-electron chi connectivity index (χ3n) is 3.50. The fourth-order valence-electron chi connectivity index (χ4n) is 2.38. The Morgan fingerprint density at radius 2 is 2.23 bits per heavy atom. The molecule has 2 rings (SSSR count). The molecule has 1 aliphatic heterocycles. The molecule has 2 heterocycles. The number of hydrogen-bond acceptors (Lipinski definition) is 8. The van der Waals surface area contributed by atoms with E-state index in [0.29, 0.717) is 0 Å². The Morgan fingerprint density at radius 1 is 1.55 bits per heavy atom. The summed E-state index contributed by atoms with van der Waals surface area (Å²) in [4.78, 5) is 25.4. The summed E-state index contributed by atoms with van der Waals surface area (Å²) in [6.45, 7) is -0.745. The predicted octanol–water partition coefficient (Wildman–Crippen LogP) is -2.30. The van der Waals surface area contributed by atoms with Crippen LogP contribution in [0.2, 0.25) is 0 Å². The predicted molar refractivity (Wildman–Crippen MR) is 70.2 cm³/mol. The van der Waals surface area contributed by atoms with Gasteiger partial charge in [0, 0.05) is 7.11 Å². The molecule has 10 heteroatoms.